The van der Waals surface area contributed by atoms with Crippen molar-refractivity contribution in [1.82, 2.24) is 4.72 Å². The molecule has 26 heavy (non-hydrogen) atoms. The van der Waals surface area contributed by atoms with E-state index in [1.54, 1.807) is 12.1 Å². The zero-order chi connectivity index (χ0) is 19.2. The molecule has 0 aliphatic rings. The number of nitrogens with one attached hydrogen (secondary N) is 1. The van der Waals surface area contributed by atoms with Crippen LogP contribution < -0.4 is 4.72 Å². The van der Waals surface area contributed by atoms with E-state index in [-0.39, 0.29) is 16.6 Å². The van der Waals surface area contributed by atoms with Crippen molar-refractivity contribution in [2.75, 3.05) is 6.54 Å². The van der Waals surface area contributed by atoms with E-state index in [9.17, 15) is 13.5 Å². The van der Waals surface area contributed by atoms with Crippen LogP contribution in [0.3, 0.4) is 0 Å². The Bertz CT molecular complexity index is 801. The van der Waals surface area contributed by atoms with Crippen molar-refractivity contribution < 1.29 is 13.5 Å². The van der Waals surface area contributed by atoms with Gasteiger partial charge < -0.3 is 5.11 Å². The van der Waals surface area contributed by atoms with E-state index in [1.165, 1.54) is 11.6 Å². The number of phenolic OH excluding ortho intramolecular Hbond substituents is 1. The monoisotopic (exact) mass is 375 g/mol. The molecule has 0 radical (unpaired) electrons. The molecule has 4 nitrogen and oxygen atoms in total. The van der Waals surface area contributed by atoms with Gasteiger partial charge in [-0.2, -0.15) is 0 Å². The first-order valence-corrected chi connectivity index (χ1v) is 10.6. The minimum absolute atomic E-state index is 0.0364. The number of sulfonamides is 1. The van der Waals surface area contributed by atoms with Crippen LogP contribution in [0.1, 0.15) is 38.3 Å². The number of aromatic hydroxyl groups is 1. The molecule has 0 aliphatic carbocycles. The average molecular weight is 376 g/mol. The summed E-state index contributed by atoms with van der Waals surface area (Å²) in [6.07, 6.45) is 2.36. The van der Waals surface area contributed by atoms with Crippen LogP contribution in [0.5, 0.6) is 5.75 Å². The number of hydrogen-bond acceptors (Lipinski definition) is 3. The van der Waals surface area contributed by atoms with E-state index in [2.05, 4.69) is 18.6 Å². The third-order valence-electron chi connectivity index (χ3n) is 4.41. The van der Waals surface area contributed by atoms with Crippen molar-refractivity contribution in [3.8, 4) is 5.75 Å². The molecule has 2 rings (SSSR count). The predicted molar refractivity (Wildman–Crippen MR) is 106 cm³/mol. The van der Waals surface area contributed by atoms with Crippen LogP contribution in [-0.4, -0.2) is 20.1 Å². The van der Waals surface area contributed by atoms with Crippen LogP contribution in [0.4, 0.5) is 0 Å². The summed E-state index contributed by atoms with van der Waals surface area (Å²) in [6, 6.07) is 14.9. The summed E-state index contributed by atoms with van der Waals surface area (Å²) in [6.45, 7) is 6.54. The first kappa shape index (κ1) is 20.5. The Balaban J connectivity index is 2.04. The normalized spacial score (nSPS) is 13.1. The quantitative estimate of drug-likeness (QED) is 0.692. The van der Waals surface area contributed by atoms with Gasteiger partial charge in [-0.1, -0.05) is 63.2 Å². The van der Waals surface area contributed by atoms with Gasteiger partial charge >= 0.3 is 0 Å². The molecule has 0 saturated carbocycles. The Morgan fingerprint density at radius 2 is 1.69 bits per heavy atom. The number of benzene rings is 2. The standard InChI is InChI=1S/C21H29NO3S/c1-16(2)12-13-19-10-7-11-20(21(19)23)26(24,25)22-15-17(3)14-18-8-5-4-6-9-18/h4-11,16-17,22-23H,12-15H2,1-3H3/t17-/m1/s1. The first-order valence-electron chi connectivity index (χ1n) is 9.14. The van der Waals surface area contributed by atoms with Crippen molar-refractivity contribution >= 4 is 10.0 Å². The maximum Gasteiger partial charge on any atom is 0.244 e. The van der Waals surface area contributed by atoms with E-state index < -0.39 is 10.0 Å². The molecule has 2 N–H and O–H groups in total. The number of aryl methyl sites for hydroxylation is 1. The maximum atomic E-state index is 12.6. The van der Waals surface area contributed by atoms with Crippen molar-refractivity contribution in [1.29, 1.82) is 0 Å². The fourth-order valence-corrected chi connectivity index (χ4v) is 4.15. The van der Waals surface area contributed by atoms with E-state index in [0.717, 1.165) is 12.8 Å². The lowest BCUT2D eigenvalue weighted by Crippen LogP contribution is -2.29. The Kier molecular flexibility index (Phi) is 7.23. The van der Waals surface area contributed by atoms with Crippen molar-refractivity contribution in [3.05, 3.63) is 59.7 Å². The van der Waals surface area contributed by atoms with E-state index >= 15 is 0 Å². The highest BCUT2D eigenvalue weighted by Crippen LogP contribution is 2.28. The van der Waals surface area contributed by atoms with Gasteiger partial charge in [0, 0.05) is 6.54 Å². The molecule has 0 spiro atoms. The van der Waals surface area contributed by atoms with Crippen molar-refractivity contribution in [3.63, 3.8) is 0 Å². The first-order chi connectivity index (χ1) is 12.3. The predicted octanol–water partition coefficient (Wildman–Crippen LogP) is 4.14. The molecule has 5 heteroatoms. The van der Waals surface area contributed by atoms with Crippen LogP contribution in [0.2, 0.25) is 0 Å². The molecule has 142 valence electrons. The largest absolute Gasteiger partial charge is 0.506 e. The number of rotatable bonds is 9. The van der Waals surface area contributed by atoms with E-state index in [0.29, 0.717) is 24.4 Å². The fourth-order valence-electron chi connectivity index (χ4n) is 2.85. The Hall–Kier alpha value is -1.85. The Morgan fingerprint density at radius 3 is 2.35 bits per heavy atom. The number of para-hydroxylation sites is 1. The van der Waals surface area contributed by atoms with E-state index in [1.807, 2.05) is 37.3 Å². The molecule has 0 heterocycles. The Labute approximate surface area is 157 Å². The molecule has 0 saturated heterocycles. The SMILES string of the molecule is CC(C)CCc1cccc(S(=O)(=O)NC[C@H](C)Cc2ccccc2)c1O. The highest BCUT2D eigenvalue weighted by molar-refractivity contribution is 7.89. The number of hydrogen-bond donors (Lipinski definition) is 2. The zero-order valence-corrected chi connectivity index (χ0v) is 16.6. The van der Waals surface area contributed by atoms with Crippen molar-refractivity contribution in [2.24, 2.45) is 11.8 Å². The fraction of sp³-hybridized carbons (Fsp3) is 0.429. The van der Waals surface area contributed by atoms with Gasteiger partial charge in [0.2, 0.25) is 10.0 Å². The minimum Gasteiger partial charge on any atom is -0.506 e. The minimum atomic E-state index is -3.74. The zero-order valence-electron chi connectivity index (χ0n) is 15.8. The van der Waals surface area contributed by atoms with Gasteiger partial charge in [0.25, 0.3) is 0 Å². The van der Waals surface area contributed by atoms with Crippen LogP contribution in [-0.2, 0) is 22.9 Å². The Morgan fingerprint density at radius 1 is 1.00 bits per heavy atom. The summed E-state index contributed by atoms with van der Waals surface area (Å²) < 4.78 is 27.9. The molecule has 0 unspecified atom stereocenters. The van der Waals surface area contributed by atoms with Crippen LogP contribution in [0.15, 0.2) is 53.4 Å². The third-order valence-corrected chi connectivity index (χ3v) is 5.87. The lowest BCUT2D eigenvalue weighted by molar-refractivity contribution is 0.446. The second-order valence-electron chi connectivity index (χ2n) is 7.34. The molecule has 0 bridgehead atoms. The lowest BCUT2D eigenvalue weighted by Gasteiger charge is -2.15. The lowest BCUT2D eigenvalue weighted by atomic mass is 10.0. The molecule has 0 fully saturated rings. The van der Waals surface area contributed by atoms with Gasteiger partial charge in [-0.05, 0) is 48.3 Å². The van der Waals surface area contributed by atoms with Gasteiger partial charge in [0.15, 0.2) is 0 Å². The number of phenols is 1. The van der Waals surface area contributed by atoms with Gasteiger partial charge in [-0.15, -0.1) is 0 Å². The third kappa shape index (κ3) is 5.85. The van der Waals surface area contributed by atoms with Gasteiger partial charge in [0.05, 0.1) is 0 Å². The molecule has 2 aromatic carbocycles. The summed E-state index contributed by atoms with van der Waals surface area (Å²) in [5, 5.41) is 10.4. The summed E-state index contributed by atoms with van der Waals surface area (Å²) in [7, 11) is -3.74. The molecule has 0 aromatic heterocycles. The maximum absolute atomic E-state index is 12.6. The molecule has 0 aliphatic heterocycles. The van der Waals surface area contributed by atoms with E-state index in [4.69, 9.17) is 0 Å². The summed E-state index contributed by atoms with van der Waals surface area (Å²) in [5.41, 5.74) is 1.86. The summed E-state index contributed by atoms with van der Waals surface area (Å²) in [5.74, 6) is 0.515. The summed E-state index contributed by atoms with van der Waals surface area (Å²) >= 11 is 0. The molecule has 1 atom stereocenters. The smallest absolute Gasteiger partial charge is 0.244 e. The van der Waals surface area contributed by atoms with Crippen LogP contribution in [0.25, 0.3) is 0 Å². The van der Waals surface area contributed by atoms with Gasteiger partial charge in [-0.25, -0.2) is 13.1 Å². The molecular weight excluding hydrogens is 346 g/mol. The van der Waals surface area contributed by atoms with Crippen LogP contribution >= 0.6 is 0 Å². The highest BCUT2D eigenvalue weighted by atomic mass is 32.2. The summed E-state index contributed by atoms with van der Waals surface area (Å²) in [4.78, 5) is -0.0364. The topological polar surface area (TPSA) is 66.4 Å². The second-order valence-corrected chi connectivity index (χ2v) is 9.08. The molecule has 2 aromatic rings. The molecule has 0 amide bonds. The van der Waals surface area contributed by atoms with Crippen LogP contribution in [0, 0.1) is 11.8 Å². The molecular formula is C21H29NO3S. The van der Waals surface area contributed by atoms with Gasteiger partial charge in [0.1, 0.15) is 10.6 Å². The second kappa shape index (κ2) is 9.19. The average Bonchev–Trinajstić information content (AvgIpc) is 2.60. The highest BCUT2D eigenvalue weighted by Gasteiger charge is 2.21. The van der Waals surface area contributed by atoms with Gasteiger partial charge in [-0.3, -0.25) is 0 Å². The van der Waals surface area contributed by atoms with Crippen molar-refractivity contribution in [2.45, 2.75) is 44.9 Å².